The van der Waals surface area contributed by atoms with Gasteiger partial charge in [0.25, 0.3) is 0 Å². The molecule has 0 aliphatic rings. The predicted molar refractivity (Wildman–Crippen MR) is 197 cm³/mol. The molecule has 0 atom stereocenters. The van der Waals surface area contributed by atoms with Crippen molar-refractivity contribution in [3.05, 3.63) is 146 Å². The van der Waals surface area contributed by atoms with Gasteiger partial charge < -0.3 is 9.32 Å². The van der Waals surface area contributed by atoms with Crippen molar-refractivity contribution in [2.45, 2.75) is 0 Å². The minimum Gasteiger partial charge on any atom is -0.456 e. The van der Waals surface area contributed by atoms with E-state index in [-0.39, 0.29) is 0 Å². The lowest BCUT2D eigenvalue weighted by Crippen LogP contribution is -2.09. The van der Waals surface area contributed by atoms with Crippen LogP contribution in [0.3, 0.4) is 0 Å². The molecule has 10 aromatic rings. The summed E-state index contributed by atoms with van der Waals surface area (Å²) in [5.41, 5.74) is 7.22. The van der Waals surface area contributed by atoms with E-state index in [9.17, 15) is 0 Å². The molecule has 0 fully saturated rings. The lowest BCUT2D eigenvalue weighted by atomic mass is 10.1. The van der Waals surface area contributed by atoms with E-state index >= 15 is 0 Å². The van der Waals surface area contributed by atoms with Gasteiger partial charge in [0.15, 0.2) is 0 Å². The van der Waals surface area contributed by atoms with Crippen LogP contribution in [0.25, 0.3) is 73.7 Å². The molecule has 5 heteroatoms. The van der Waals surface area contributed by atoms with E-state index in [0.717, 1.165) is 55.1 Å². The van der Waals surface area contributed by atoms with Crippen LogP contribution in [-0.2, 0) is 0 Å². The predicted octanol–water partition coefficient (Wildman–Crippen LogP) is 12.9. The van der Waals surface area contributed by atoms with Crippen LogP contribution in [0.5, 0.6) is 0 Å². The summed E-state index contributed by atoms with van der Waals surface area (Å²) in [4.78, 5) is 7.33. The van der Waals surface area contributed by atoms with Crippen LogP contribution < -0.4 is 4.90 Å². The Balaban J connectivity index is 1.18. The van der Waals surface area contributed by atoms with E-state index in [4.69, 9.17) is 9.40 Å². The van der Waals surface area contributed by atoms with E-state index in [0.29, 0.717) is 0 Å². The summed E-state index contributed by atoms with van der Waals surface area (Å²) in [5, 5.41) is 8.27. The molecule has 3 aromatic heterocycles. The third kappa shape index (κ3) is 3.99. The number of nitrogens with zero attached hydrogens (tertiary/aromatic N) is 2. The molecule has 0 aliphatic carbocycles. The fraction of sp³-hybridized carbons (Fsp3) is 0. The summed E-state index contributed by atoms with van der Waals surface area (Å²) in [6.45, 7) is 0. The number of thiophene rings is 1. The summed E-state index contributed by atoms with van der Waals surface area (Å²) in [6.07, 6.45) is 0. The number of rotatable bonds is 4. The van der Waals surface area contributed by atoms with Gasteiger partial charge in [-0.3, -0.25) is 0 Å². The van der Waals surface area contributed by atoms with Crippen molar-refractivity contribution in [3.63, 3.8) is 0 Å². The molecule has 0 spiro atoms. The maximum Gasteiger partial charge on any atom is 0.137 e. The Bertz CT molecular complexity index is 2770. The summed E-state index contributed by atoms with van der Waals surface area (Å²) < 4.78 is 10.2. The van der Waals surface area contributed by atoms with Crippen LogP contribution >= 0.6 is 22.7 Å². The molecular formula is C41H24N2OS2. The van der Waals surface area contributed by atoms with E-state index in [1.807, 2.05) is 29.5 Å². The van der Waals surface area contributed by atoms with Gasteiger partial charge in [0, 0.05) is 65.0 Å². The Morgan fingerprint density at radius 3 is 2.09 bits per heavy atom. The van der Waals surface area contributed by atoms with Crippen molar-refractivity contribution in [2.24, 2.45) is 0 Å². The minimum absolute atomic E-state index is 0.881. The van der Waals surface area contributed by atoms with Gasteiger partial charge in [-0.1, -0.05) is 78.9 Å². The van der Waals surface area contributed by atoms with E-state index < -0.39 is 0 Å². The average molecular weight is 625 g/mol. The van der Waals surface area contributed by atoms with Crippen LogP contribution in [0.4, 0.5) is 17.1 Å². The molecule has 0 unspecified atom stereocenters. The highest BCUT2D eigenvalue weighted by molar-refractivity contribution is 7.25. The number of benzene rings is 7. The standard InChI is InChI=1S/C41H24N2OS2/c1-2-8-25(9-3-1)41-42-35-20-14-26-22-27(15-18-30(26)40(35)46-41)43(28-17-21-39-34(23-28)33-11-5-7-13-38(33)45-39)29-16-19-32-31-10-4-6-12-36(31)44-37(32)24-29/h1-24H. The third-order valence-corrected chi connectivity index (χ3v) is 11.2. The second-order valence-corrected chi connectivity index (χ2v) is 13.7. The molecule has 3 heterocycles. The van der Waals surface area contributed by atoms with Gasteiger partial charge in [-0.15, -0.1) is 22.7 Å². The molecule has 216 valence electrons. The number of anilines is 3. The Kier molecular flexibility index (Phi) is 5.61. The zero-order chi connectivity index (χ0) is 30.2. The van der Waals surface area contributed by atoms with Gasteiger partial charge in [-0.2, -0.15) is 0 Å². The normalized spacial score (nSPS) is 11.9. The highest BCUT2D eigenvalue weighted by atomic mass is 32.1. The zero-order valence-electron chi connectivity index (χ0n) is 24.5. The van der Waals surface area contributed by atoms with Crippen LogP contribution in [0.2, 0.25) is 0 Å². The van der Waals surface area contributed by atoms with Gasteiger partial charge in [-0.25, -0.2) is 4.98 Å². The fourth-order valence-corrected chi connectivity index (χ4v) is 8.89. The Morgan fingerprint density at radius 1 is 0.478 bits per heavy atom. The van der Waals surface area contributed by atoms with E-state index in [2.05, 4.69) is 132 Å². The number of aromatic nitrogens is 1. The summed E-state index contributed by atoms with van der Waals surface area (Å²) >= 11 is 3.60. The Labute approximate surface area is 272 Å². The van der Waals surface area contributed by atoms with Gasteiger partial charge in [0.2, 0.25) is 0 Å². The van der Waals surface area contributed by atoms with Crippen molar-refractivity contribution in [2.75, 3.05) is 4.90 Å². The first-order valence-corrected chi connectivity index (χ1v) is 16.9. The highest BCUT2D eigenvalue weighted by Gasteiger charge is 2.18. The van der Waals surface area contributed by atoms with Gasteiger partial charge in [-0.05, 0) is 66.0 Å². The van der Waals surface area contributed by atoms with E-state index in [1.54, 1.807) is 11.3 Å². The monoisotopic (exact) mass is 624 g/mol. The van der Waals surface area contributed by atoms with Gasteiger partial charge >= 0.3 is 0 Å². The molecular weight excluding hydrogens is 601 g/mol. The quantitative estimate of drug-likeness (QED) is 0.195. The van der Waals surface area contributed by atoms with Crippen molar-refractivity contribution in [1.29, 1.82) is 0 Å². The fourth-order valence-electron chi connectivity index (χ4n) is 6.70. The molecule has 10 rings (SSSR count). The molecule has 3 nitrogen and oxygen atoms in total. The number of para-hydroxylation sites is 1. The molecule has 0 aliphatic heterocycles. The topological polar surface area (TPSA) is 29.3 Å². The SMILES string of the molecule is c1ccc(-c2nc3ccc4cc(N(c5ccc6c(c5)oc5ccccc56)c5ccc6sc7ccccc7c6c5)ccc4c3s2)cc1. The Hall–Kier alpha value is -5.49. The van der Waals surface area contributed by atoms with Crippen molar-refractivity contribution < 1.29 is 4.42 Å². The van der Waals surface area contributed by atoms with Crippen LogP contribution in [0, 0.1) is 0 Å². The molecule has 0 saturated heterocycles. The molecule has 0 amide bonds. The Morgan fingerprint density at radius 2 is 1.17 bits per heavy atom. The van der Waals surface area contributed by atoms with Gasteiger partial charge in [0.1, 0.15) is 16.2 Å². The van der Waals surface area contributed by atoms with Crippen molar-refractivity contribution in [1.82, 2.24) is 4.98 Å². The van der Waals surface area contributed by atoms with Crippen molar-refractivity contribution in [3.8, 4) is 10.6 Å². The lowest BCUT2D eigenvalue weighted by molar-refractivity contribution is 0.669. The maximum atomic E-state index is 6.36. The average Bonchev–Trinajstić information content (AvgIpc) is 3.82. The van der Waals surface area contributed by atoms with Crippen LogP contribution in [0.1, 0.15) is 0 Å². The molecule has 7 aromatic carbocycles. The largest absolute Gasteiger partial charge is 0.456 e. The summed E-state index contributed by atoms with van der Waals surface area (Å²) in [5.74, 6) is 0. The second-order valence-electron chi connectivity index (χ2n) is 11.6. The second kappa shape index (κ2) is 10.0. The molecule has 0 saturated carbocycles. The first-order chi connectivity index (χ1) is 22.8. The molecule has 46 heavy (non-hydrogen) atoms. The first kappa shape index (κ1) is 25.8. The third-order valence-electron chi connectivity index (χ3n) is 8.87. The zero-order valence-corrected chi connectivity index (χ0v) is 26.1. The number of thiazole rings is 1. The molecule has 0 N–H and O–H groups in total. The smallest absolute Gasteiger partial charge is 0.137 e. The number of hydrogen-bond acceptors (Lipinski definition) is 5. The lowest BCUT2D eigenvalue weighted by Gasteiger charge is -2.26. The van der Waals surface area contributed by atoms with Crippen LogP contribution in [0.15, 0.2) is 150 Å². The number of hydrogen-bond donors (Lipinski definition) is 0. The summed E-state index contributed by atoms with van der Waals surface area (Å²) in [6, 6.07) is 51.9. The first-order valence-electron chi connectivity index (χ1n) is 15.3. The van der Waals surface area contributed by atoms with Crippen LogP contribution in [-0.4, -0.2) is 4.98 Å². The summed E-state index contributed by atoms with van der Waals surface area (Å²) in [7, 11) is 0. The minimum atomic E-state index is 0.881. The maximum absolute atomic E-state index is 6.36. The van der Waals surface area contributed by atoms with Gasteiger partial charge in [0.05, 0.1) is 10.2 Å². The van der Waals surface area contributed by atoms with E-state index in [1.165, 1.54) is 35.6 Å². The molecule has 0 radical (unpaired) electrons. The van der Waals surface area contributed by atoms with Crippen molar-refractivity contribution >= 4 is 103 Å². The molecule has 0 bridgehead atoms. The number of furan rings is 1. The number of fused-ring (bicyclic) bond motifs is 9. The highest BCUT2D eigenvalue weighted by Crippen LogP contribution is 2.44.